The van der Waals surface area contributed by atoms with E-state index in [4.69, 9.17) is 5.73 Å². The van der Waals surface area contributed by atoms with Crippen LogP contribution in [0.5, 0.6) is 11.5 Å². The van der Waals surface area contributed by atoms with E-state index in [1.807, 2.05) is 12.2 Å². The summed E-state index contributed by atoms with van der Waals surface area (Å²) in [5.74, 6) is 0.351. The highest BCUT2D eigenvalue weighted by molar-refractivity contribution is 5.57. The number of phenolic OH excluding ortho intramolecular Hbond substituents is 2. The molecule has 2 aromatic carbocycles. The molecule has 1 aliphatic rings. The Morgan fingerprint density at radius 2 is 1.88 bits per heavy atom. The first-order valence-corrected chi connectivity index (χ1v) is 8.99. The van der Waals surface area contributed by atoms with E-state index in [1.54, 1.807) is 6.07 Å². The van der Waals surface area contributed by atoms with E-state index in [9.17, 15) is 10.2 Å². The van der Waals surface area contributed by atoms with Gasteiger partial charge in [-0.05, 0) is 53.7 Å². The molecule has 1 fully saturated rings. The first-order valence-electron chi connectivity index (χ1n) is 8.99. The van der Waals surface area contributed by atoms with Crippen LogP contribution in [0, 0.1) is 0 Å². The monoisotopic (exact) mass is 350 g/mol. The highest BCUT2D eigenvalue weighted by Crippen LogP contribution is 2.30. The van der Waals surface area contributed by atoms with Crippen LogP contribution in [0.1, 0.15) is 35.4 Å². The minimum absolute atomic E-state index is 0.109. The van der Waals surface area contributed by atoms with Gasteiger partial charge in [-0.1, -0.05) is 43.0 Å². The molecule has 0 unspecified atom stereocenters. The molecule has 0 amide bonds. The number of nitrogens with zero attached hydrogens (tertiary/aromatic N) is 1. The molecule has 0 saturated carbocycles. The molecule has 0 spiro atoms. The number of nitrogens with two attached hydrogens (primary N) is 1. The summed E-state index contributed by atoms with van der Waals surface area (Å²) < 4.78 is 0. The van der Waals surface area contributed by atoms with E-state index in [0.29, 0.717) is 12.5 Å². The molecule has 4 nitrogen and oxygen atoms in total. The summed E-state index contributed by atoms with van der Waals surface area (Å²) in [5, 5.41) is 18.9. The van der Waals surface area contributed by atoms with E-state index >= 15 is 0 Å². The molecular weight excluding hydrogens is 324 g/mol. The molecule has 0 aromatic heterocycles. The van der Waals surface area contributed by atoms with Gasteiger partial charge >= 0.3 is 0 Å². The zero-order valence-electron chi connectivity index (χ0n) is 14.9. The number of phenols is 2. The average Bonchev–Trinajstić information content (AvgIpc) is 2.69. The minimum Gasteiger partial charge on any atom is -0.504 e. The predicted octanol–water partition coefficient (Wildman–Crippen LogP) is 3.96. The third-order valence-electron chi connectivity index (χ3n) is 5.03. The maximum atomic E-state index is 9.56. The van der Waals surface area contributed by atoms with Gasteiger partial charge in [-0.3, -0.25) is 0 Å². The summed E-state index contributed by atoms with van der Waals surface area (Å²) in [7, 11) is 0. The summed E-state index contributed by atoms with van der Waals surface area (Å²) in [5.41, 5.74) is 10.1. The van der Waals surface area contributed by atoms with Crippen molar-refractivity contribution in [3.8, 4) is 11.5 Å². The molecule has 4 heteroatoms. The number of aromatic hydroxyl groups is 2. The van der Waals surface area contributed by atoms with Crippen LogP contribution in [-0.2, 0) is 6.54 Å². The standard InChI is InChI=1S/C22H26N2O2/c1-16(5-6-17-7-8-21(25)22(26)14-17)24-11-9-19(10-12-24)20-4-2-3-18(13-20)15-23/h2-8,13-14,19,25-26H,1,9-12,15,23H2/b6-5+. The van der Waals surface area contributed by atoms with Crippen molar-refractivity contribution in [2.24, 2.45) is 5.73 Å². The van der Waals surface area contributed by atoms with E-state index in [0.717, 1.165) is 37.2 Å². The van der Waals surface area contributed by atoms with Gasteiger partial charge in [-0.15, -0.1) is 0 Å². The molecule has 0 atom stereocenters. The molecule has 1 heterocycles. The lowest BCUT2D eigenvalue weighted by atomic mass is 9.88. The molecule has 26 heavy (non-hydrogen) atoms. The molecule has 3 rings (SSSR count). The second-order valence-corrected chi connectivity index (χ2v) is 6.78. The van der Waals surface area contributed by atoms with Crippen LogP contribution >= 0.6 is 0 Å². The van der Waals surface area contributed by atoms with Gasteiger partial charge in [0.1, 0.15) is 0 Å². The predicted molar refractivity (Wildman–Crippen MR) is 106 cm³/mol. The van der Waals surface area contributed by atoms with Crippen molar-refractivity contribution < 1.29 is 10.2 Å². The fourth-order valence-corrected chi connectivity index (χ4v) is 3.42. The second kappa shape index (κ2) is 8.11. The lowest BCUT2D eigenvalue weighted by Crippen LogP contribution is -2.31. The molecule has 4 N–H and O–H groups in total. The summed E-state index contributed by atoms with van der Waals surface area (Å²) in [6.07, 6.45) is 6.06. The smallest absolute Gasteiger partial charge is 0.157 e. The van der Waals surface area contributed by atoms with Crippen LogP contribution in [0.15, 0.2) is 60.8 Å². The molecule has 1 saturated heterocycles. The number of allylic oxidation sites excluding steroid dienone is 1. The van der Waals surface area contributed by atoms with Gasteiger partial charge in [-0.25, -0.2) is 0 Å². The van der Waals surface area contributed by atoms with Crippen molar-refractivity contribution in [1.29, 1.82) is 0 Å². The quantitative estimate of drug-likeness (QED) is 0.564. The highest BCUT2D eigenvalue weighted by atomic mass is 16.3. The lowest BCUT2D eigenvalue weighted by Gasteiger charge is -2.34. The van der Waals surface area contributed by atoms with Crippen molar-refractivity contribution in [1.82, 2.24) is 4.90 Å². The van der Waals surface area contributed by atoms with Crippen LogP contribution in [0.3, 0.4) is 0 Å². The zero-order chi connectivity index (χ0) is 18.5. The van der Waals surface area contributed by atoms with E-state index in [1.165, 1.54) is 23.3 Å². The number of benzene rings is 2. The first kappa shape index (κ1) is 18.1. The van der Waals surface area contributed by atoms with E-state index < -0.39 is 0 Å². The van der Waals surface area contributed by atoms with Crippen molar-refractivity contribution >= 4 is 6.08 Å². The normalized spacial score (nSPS) is 15.5. The fraction of sp³-hybridized carbons (Fsp3) is 0.273. The van der Waals surface area contributed by atoms with Crippen molar-refractivity contribution in [3.05, 3.63) is 77.5 Å². The number of hydrogen-bond acceptors (Lipinski definition) is 4. The fourth-order valence-electron chi connectivity index (χ4n) is 3.42. The van der Waals surface area contributed by atoms with Gasteiger partial charge in [0.2, 0.25) is 0 Å². The van der Waals surface area contributed by atoms with Crippen LogP contribution in [0.4, 0.5) is 0 Å². The molecule has 2 aromatic rings. The van der Waals surface area contributed by atoms with Crippen molar-refractivity contribution in [3.63, 3.8) is 0 Å². The Kier molecular flexibility index (Phi) is 5.64. The maximum absolute atomic E-state index is 9.56. The van der Waals surface area contributed by atoms with Gasteiger partial charge in [0.15, 0.2) is 11.5 Å². The summed E-state index contributed by atoms with van der Waals surface area (Å²) >= 11 is 0. The summed E-state index contributed by atoms with van der Waals surface area (Å²) in [4.78, 5) is 2.29. The van der Waals surface area contributed by atoms with Gasteiger partial charge in [0, 0.05) is 25.3 Å². The largest absolute Gasteiger partial charge is 0.504 e. The third-order valence-corrected chi connectivity index (χ3v) is 5.03. The number of piperidine rings is 1. The Hall–Kier alpha value is -2.72. The zero-order valence-corrected chi connectivity index (χ0v) is 14.9. The third kappa shape index (κ3) is 4.27. The van der Waals surface area contributed by atoms with Gasteiger partial charge in [0.25, 0.3) is 0 Å². The topological polar surface area (TPSA) is 69.7 Å². The molecule has 0 radical (unpaired) electrons. The summed E-state index contributed by atoms with van der Waals surface area (Å²) in [6.45, 7) is 6.70. The highest BCUT2D eigenvalue weighted by Gasteiger charge is 2.20. The maximum Gasteiger partial charge on any atom is 0.157 e. The summed E-state index contributed by atoms with van der Waals surface area (Å²) in [6, 6.07) is 13.4. The van der Waals surface area contributed by atoms with Crippen LogP contribution < -0.4 is 5.73 Å². The molecule has 136 valence electrons. The Labute approximate surface area is 154 Å². The molecule has 1 aliphatic heterocycles. The average molecular weight is 350 g/mol. The Morgan fingerprint density at radius 3 is 2.58 bits per heavy atom. The minimum atomic E-state index is -0.113. The van der Waals surface area contributed by atoms with Gasteiger partial charge < -0.3 is 20.8 Å². The Bertz CT molecular complexity index is 806. The number of hydrogen-bond donors (Lipinski definition) is 3. The van der Waals surface area contributed by atoms with Gasteiger partial charge in [0.05, 0.1) is 0 Å². The molecule has 0 bridgehead atoms. The Morgan fingerprint density at radius 1 is 1.12 bits per heavy atom. The van der Waals surface area contributed by atoms with Crippen molar-refractivity contribution in [2.75, 3.05) is 13.1 Å². The molecule has 0 aliphatic carbocycles. The SMILES string of the molecule is C=C(/C=C/c1ccc(O)c(O)c1)N1CCC(c2cccc(CN)c2)CC1. The molecular formula is C22H26N2O2. The van der Waals surface area contributed by atoms with Crippen LogP contribution in [-0.4, -0.2) is 28.2 Å². The lowest BCUT2D eigenvalue weighted by molar-refractivity contribution is 0.271. The number of rotatable bonds is 5. The first-order chi connectivity index (χ1) is 12.6. The van der Waals surface area contributed by atoms with Crippen LogP contribution in [0.25, 0.3) is 6.08 Å². The van der Waals surface area contributed by atoms with Crippen molar-refractivity contribution in [2.45, 2.75) is 25.3 Å². The van der Waals surface area contributed by atoms with Gasteiger partial charge in [-0.2, -0.15) is 0 Å². The number of likely N-dealkylation sites (tertiary alicyclic amines) is 1. The second-order valence-electron chi connectivity index (χ2n) is 6.78. The Balaban J connectivity index is 1.57. The van der Waals surface area contributed by atoms with Crippen LogP contribution in [0.2, 0.25) is 0 Å². The van der Waals surface area contributed by atoms with E-state index in [2.05, 4.69) is 35.7 Å². The van der Waals surface area contributed by atoms with E-state index in [-0.39, 0.29) is 11.5 Å².